The molecule has 3 heterocycles. The predicted octanol–water partition coefficient (Wildman–Crippen LogP) is 2.09. The number of carbonyl (C=O) groups excluding carboxylic acids is 2. The van der Waals surface area contributed by atoms with Crippen molar-refractivity contribution in [2.45, 2.75) is 17.5 Å². The summed E-state index contributed by atoms with van der Waals surface area (Å²) in [7, 11) is -1.01. The smallest absolute Gasteiger partial charge is 0.413 e. The van der Waals surface area contributed by atoms with Gasteiger partial charge in [-0.25, -0.2) is 37.9 Å². The molecule has 0 aliphatic heterocycles. The van der Waals surface area contributed by atoms with Crippen molar-refractivity contribution < 1.29 is 42.1 Å². The summed E-state index contributed by atoms with van der Waals surface area (Å²) in [6, 6.07) is 12.0. The van der Waals surface area contributed by atoms with E-state index in [1.165, 1.54) is 25.1 Å². The van der Waals surface area contributed by atoms with Crippen LogP contribution in [0.15, 0.2) is 59.5 Å². The van der Waals surface area contributed by atoms with Gasteiger partial charge in [0, 0.05) is 13.1 Å². The van der Waals surface area contributed by atoms with E-state index in [1.54, 1.807) is 42.5 Å². The molecule has 3 aromatic heterocycles. The molecule has 17 nitrogen and oxygen atoms in total. The molecule has 47 heavy (non-hydrogen) atoms. The number of methoxy groups -OCH3 is 2. The third kappa shape index (κ3) is 7.88. The van der Waals surface area contributed by atoms with Crippen molar-refractivity contribution in [1.82, 2.24) is 34.1 Å². The third-order valence-corrected chi connectivity index (χ3v) is 9.48. The number of anilines is 1. The number of rotatable bonds is 14. The molecule has 246 valence electrons. The topological polar surface area (TPSA) is 217 Å². The highest BCUT2D eigenvalue weighted by Crippen LogP contribution is 2.28. The molecule has 3 N–H and O–H groups in total. The number of ether oxygens (including phenoxy) is 3. The van der Waals surface area contributed by atoms with Crippen molar-refractivity contribution in [2.24, 2.45) is 0 Å². The summed E-state index contributed by atoms with van der Waals surface area (Å²) >= 11 is 0.991. The van der Waals surface area contributed by atoms with Gasteiger partial charge in [-0.1, -0.05) is 18.2 Å². The molecule has 0 aliphatic carbocycles. The first-order valence-electron chi connectivity index (χ1n) is 13.7. The Hall–Kier alpha value is -5.40. The number of fused-ring (bicyclic) bond motifs is 2. The second-order valence-corrected chi connectivity index (χ2v) is 12.7. The molecule has 0 atom stereocenters. The highest BCUT2D eigenvalue weighted by Gasteiger charge is 2.23. The number of aromatic nitrogens is 5. The van der Waals surface area contributed by atoms with Crippen LogP contribution in [0, 0.1) is 0 Å². The summed E-state index contributed by atoms with van der Waals surface area (Å²) in [4.78, 5) is 54.7. The maximum absolute atomic E-state index is 13.2. The molecular formula is C28H28N8O9S2. The van der Waals surface area contributed by atoms with E-state index in [2.05, 4.69) is 30.0 Å². The Morgan fingerprint density at radius 2 is 1.83 bits per heavy atom. The minimum Gasteiger partial charge on any atom is -0.493 e. The maximum Gasteiger partial charge on any atom is 0.413 e. The van der Waals surface area contributed by atoms with Gasteiger partial charge in [0.05, 0.1) is 30.8 Å². The molecule has 2 amide bonds. The van der Waals surface area contributed by atoms with Crippen LogP contribution in [0.25, 0.3) is 21.4 Å². The van der Waals surface area contributed by atoms with Crippen LogP contribution in [0.4, 0.5) is 10.6 Å². The number of benzene rings is 2. The number of hydrogen-bond acceptors (Lipinski definition) is 13. The monoisotopic (exact) mass is 684 g/mol. The van der Waals surface area contributed by atoms with Crippen LogP contribution in [0.2, 0.25) is 0 Å². The lowest BCUT2D eigenvalue weighted by Crippen LogP contribution is -2.42. The van der Waals surface area contributed by atoms with E-state index < -0.39 is 34.5 Å². The molecule has 0 fully saturated rings. The van der Waals surface area contributed by atoms with E-state index in [9.17, 15) is 27.9 Å². The summed E-state index contributed by atoms with van der Waals surface area (Å²) in [6.45, 7) is -1.64. The zero-order valence-electron chi connectivity index (χ0n) is 24.9. The van der Waals surface area contributed by atoms with Crippen LogP contribution >= 0.6 is 11.3 Å². The average molecular weight is 685 g/mol. The number of imidazole rings is 1. The molecule has 5 rings (SSSR count). The molecule has 0 saturated carbocycles. The highest BCUT2D eigenvalue weighted by atomic mass is 32.2. The normalized spacial score (nSPS) is 11.4. The number of nitrogens with zero attached hydrogens (tertiary/aromatic N) is 6. The number of thiazole rings is 1. The molecule has 0 unspecified atom stereocenters. The van der Waals surface area contributed by atoms with Crippen molar-refractivity contribution in [2.75, 3.05) is 39.2 Å². The lowest BCUT2D eigenvalue weighted by Gasteiger charge is -2.21. The van der Waals surface area contributed by atoms with E-state index in [-0.39, 0.29) is 47.6 Å². The molecule has 0 saturated heterocycles. The molecule has 0 spiro atoms. The molecular weight excluding hydrogens is 656 g/mol. The summed E-state index contributed by atoms with van der Waals surface area (Å²) in [5.74, 6) is -0.921. The predicted molar refractivity (Wildman–Crippen MR) is 168 cm³/mol. The van der Waals surface area contributed by atoms with Crippen molar-refractivity contribution in [1.29, 1.82) is 0 Å². The van der Waals surface area contributed by atoms with Gasteiger partial charge in [-0.15, -0.1) is 11.3 Å². The summed E-state index contributed by atoms with van der Waals surface area (Å²) in [5.41, 5.74) is 1.50. The van der Waals surface area contributed by atoms with E-state index >= 15 is 0 Å². The zero-order valence-corrected chi connectivity index (χ0v) is 26.6. The van der Waals surface area contributed by atoms with Gasteiger partial charge in [0.25, 0.3) is 10.0 Å². The quantitative estimate of drug-likeness (QED) is 0.153. The number of aliphatic carboxylic acids is 1. The van der Waals surface area contributed by atoms with Gasteiger partial charge in [0.2, 0.25) is 10.2 Å². The van der Waals surface area contributed by atoms with Crippen molar-refractivity contribution >= 4 is 66.5 Å². The van der Waals surface area contributed by atoms with E-state index in [4.69, 9.17) is 14.2 Å². The SMILES string of the molecule is COc1ccc(COC(=O)Nc2ncnc3c2ncn3CC(=O)N(CCNS(=O)(=O)c2nc3ccccc3s2)CC(=O)O)cc1OC. The van der Waals surface area contributed by atoms with Crippen LogP contribution in [0.3, 0.4) is 0 Å². The Bertz CT molecular complexity index is 2020. The standard InChI is InChI=1S/C28H28N8O9S2/c1-43-19-8-7-17(11-20(19)44-2)14-45-27(40)34-25-24-26(30-15-29-25)36(16-31-24)12-22(37)35(13-23(38)39)10-9-32-47(41,42)28-33-18-5-3-4-6-21(18)46-28/h3-8,11,15-16,32H,9-10,12-14H2,1-2H3,(H,38,39)(H,29,30,34,40). The molecule has 0 radical (unpaired) electrons. The van der Waals surface area contributed by atoms with Gasteiger partial charge < -0.3 is 28.8 Å². The van der Waals surface area contributed by atoms with Crippen molar-refractivity contribution in [3.05, 3.63) is 60.7 Å². The molecule has 19 heteroatoms. The van der Waals surface area contributed by atoms with Gasteiger partial charge >= 0.3 is 12.1 Å². The second-order valence-electron chi connectivity index (χ2n) is 9.71. The Morgan fingerprint density at radius 3 is 2.57 bits per heavy atom. The number of carbonyl (C=O) groups is 3. The van der Waals surface area contributed by atoms with Gasteiger partial charge in [0.1, 0.15) is 26.0 Å². The lowest BCUT2D eigenvalue weighted by atomic mass is 10.2. The fraction of sp³-hybridized carbons (Fsp3) is 0.250. The second kappa shape index (κ2) is 14.4. The first-order valence-corrected chi connectivity index (χ1v) is 16.0. The largest absolute Gasteiger partial charge is 0.493 e. The number of carboxylic acid groups (broad SMARTS) is 1. The number of carboxylic acids is 1. The Labute approximate surface area is 271 Å². The van der Waals surface area contributed by atoms with Gasteiger partial charge in [-0.2, -0.15) is 0 Å². The Balaban J connectivity index is 1.21. The lowest BCUT2D eigenvalue weighted by molar-refractivity contribution is -0.144. The van der Waals surface area contributed by atoms with Crippen LogP contribution in [-0.4, -0.2) is 94.8 Å². The minimum absolute atomic E-state index is 0.0187. The molecule has 0 aliphatic rings. The average Bonchev–Trinajstić information content (AvgIpc) is 3.68. The minimum atomic E-state index is -4.01. The van der Waals surface area contributed by atoms with Crippen LogP contribution in [0.5, 0.6) is 11.5 Å². The fourth-order valence-electron chi connectivity index (χ4n) is 4.38. The van der Waals surface area contributed by atoms with E-state index in [1.807, 2.05) is 0 Å². The van der Waals surface area contributed by atoms with E-state index in [0.29, 0.717) is 27.3 Å². The summed E-state index contributed by atoms with van der Waals surface area (Å²) in [6.07, 6.45) is 1.61. The maximum atomic E-state index is 13.2. The molecule has 2 aromatic carbocycles. The first-order chi connectivity index (χ1) is 22.6. The van der Waals surface area contributed by atoms with Gasteiger partial charge in [-0.3, -0.25) is 14.9 Å². The molecule has 0 bridgehead atoms. The summed E-state index contributed by atoms with van der Waals surface area (Å²) < 4.78 is 45.6. The highest BCUT2D eigenvalue weighted by molar-refractivity contribution is 7.91. The molecule has 5 aromatic rings. The van der Waals surface area contributed by atoms with Crippen LogP contribution in [-0.2, 0) is 37.5 Å². The number of hydrogen-bond donors (Lipinski definition) is 3. The third-order valence-electron chi connectivity index (χ3n) is 6.60. The number of amides is 2. The van der Waals surface area contributed by atoms with E-state index in [0.717, 1.165) is 22.6 Å². The van der Waals surface area contributed by atoms with Gasteiger partial charge in [0.15, 0.2) is 28.5 Å². The van der Waals surface area contributed by atoms with Crippen molar-refractivity contribution in [3.8, 4) is 11.5 Å². The Kier molecular flexibility index (Phi) is 10.1. The number of sulfonamides is 1. The Morgan fingerprint density at radius 1 is 1.04 bits per heavy atom. The summed E-state index contributed by atoms with van der Waals surface area (Å²) in [5, 5.41) is 11.9. The number of para-hydroxylation sites is 1. The first kappa shape index (κ1) is 33.0. The van der Waals surface area contributed by atoms with Crippen molar-refractivity contribution in [3.63, 3.8) is 0 Å². The van der Waals surface area contributed by atoms with Gasteiger partial charge in [-0.05, 0) is 29.8 Å². The van der Waals surface area contributed by atoms with Crippen LogP contribution in [0.1, 0.15) is 5.56 Å². The number of nitrogens with one attached hydrogen (secondary N) is 2. The zero-order chi connectivity index (χ0) is 33.6. The fourth-order valence-corrected chi connectivity index (χ4v) is 6.67. The van der Waals surface area contributed by atoms with Crippen LogP contribution < -0.4 is 19.5 Å².